The highest BCUT2D eigenvalue weighted by atomic mass is 16.2. The van der Waals surface area contributed by atoms with Crippen molar-refractivity contribution in [3.05, 3.63) is 29.8 Å². The summed E-state index contributed by atoms with van der Waals surface area (Å²) in [6, 6.07) is 7.39. The molecule has 1 N–H and O–H groups in total. The summed E-state index contributed by atoms with van der Waals surface area (Å²) in [4.78, 5) is 25.9. The van der Waals surface area contributed by atoms with Crippen LogP contribution in [0.1, 0.15) is 56.3 Å². The second kappa shape index (κ2) is 7.25. The van der Waals surface area contributed by atoms with Crippen molar-refractivity contribution >= 4 is 17.5 Å². The molecule has 4 heteroatoms. The predicted molar refractivity (Wildman–Crippen MR) is 84.7 cm³/mol. The summed E-state index contributed by atoms with van der Waals surface area (Å²) in [5.74, 6) is 0.00677. The van der Waals surface area contributed by atoms with Crippen LogP contribution in [0.2, 0.25) is 0 Å². The van der Waals surface area contributed by atoms with Gasteiger partial charge >= 0.3 is 6.03 Å². The highest BCUT2D eigenvalue weighted by molar-refractivity contribution is 5.96. The van der Waals surface area contributed by atoms with E-state index >= 15 is 0 Å². The fraction of sp³-hybridized carbons (Fsp3) is 0.529. The van der Waals surface area contributed by atoms with Crippen LogP contribution in [0.5, 0.6) is 0 Å². The van der Waals surface area contributed by atoms with E-state index < -0.39 is 0 Å². The van der Waals surface area contributed by atoms with Gasteiger partial charge in [-0.2, -0.15) is 0 Å². The first kappa shape index (κ1) is 15.5. The topological polar surface area (TPSA) is 49.4 Å². The Morgan fingerprint density at radius 1 is 1.29 bits per heavy atom. The molecule has 0 aliphatic carbocycles. The molecule has 1 fully saturated rings. The van der Waals surface area contributed by atoms with Crippen LogP contribution in [-0.4, -0.2) is 29.3 Å². The second-order valence-electron chi connectivity index (χ2n) is 5.67. The van der Waals surface area contributed by atoms with Crippen LogP contribution in [0.25, 0.3) is 0 Å². The van der Waals surface area contributed by atoms with Crippen LogP contribution < -0.4 is 5.32 Å². The molecular formula is C17H24N2O2. The molecule has 0 saturated carbocycles. The van der Waals surface area contributed by atoms with Gasteiger partial charge in [-0.25, -0.2) is 4.79 Å². The van der Waals surface area contributed by atoms with Crippen molar-refractivity contribution in [2.24, 2.45) is 0 Å². The van der Waals surface area contributed by atoms with Gasteiger partial charge in [-0.15, -0.1) is 0 Å². The molecule has 1 aliphatic heterocycles. The normalized spacial score (nSPS) is 19.0. The van der Waals surface area contributed by atoms with Crippen LogP contribution in [0.3, 0.4) is 0 Å². The molecule has 1 saturated heterocycles. The summed E-state index contributed by atoms with van der Waals surface area (Å²) in [5, 5.41) is 2.93. The van der Waals surface area contributed by atoms with Crippen molar-refractivity contribution in [2.75, 3.05) is 11.9 Å². The number of Topliss-reactive ketones (excluding diaryl/α,β-unsaturated/α-hetero) is 1. The number of anilines is 1. The Balaban J connectivity index is 2.08. The molecule has 2 amide bonds. The minimum atomic E-state index is -0.0514. The quantitative estimate of drug-likeness (QED) is 0.852. The van der Waals surface area contributed by atoms with Gasteiger partial charge in [0.05, 0.1) is 0 Å². The summed E-state index contributed by atoms with van der Waals surface area (Å²) in [7, 11) is 0. The molecule has 21 heavy (non-hydrogen) atoms. The Bertz CT molecular complexity index is 513. The van der Waals surface area contributed by atoms with Crippen molar-refractivity contribution in [2.45, 2.75) is 52.0 Å². The summed E-state index contributed by atoms with van der Waals surface area (Å²) in [5.41, 5.74) is 1.31. The zero-order chi connectivity index (χ0) is 15.2. The number of urea groups is 1. The van der Waals surface area contributed by atoms with E-state index in [2.05, 4.69) is 12.2 Å². The number of carbonyl (C=O) groups excluding carboxylic acids is 2. The lowest BCUT2D eigenvalue weighted by Gasteiger charge is -2.29. The van der Waals surface area contributed by atoms with Gasteiger partial charge in [0.2, 0.25) is 0 Å². The first-order valence-corrected chi connectivity index (χ1v) is 7.80. The van der Waals surface area contributed by atoms with E-state index in [0.717, 1.165) is 25.8 Å². The molecule has 0 bridgehead atoms. The Morgan fingerprint density at radius 3 is 2.81 bits per heavy atom. The third kappa shape index (κ3) is 4.06. The average molecular weight is 288 g/mol. The maximum absolute atomic E-state index is 12.5. The Hall–Kier alpha value is -1.84. The largest absolute Gasteiger partial charge is 0.322 e. The van der Waals surface area contributed by atoms with E-state index in [-0.39, 0.29) is 11.8 Å². The summed E-state index contributed by atoms with van der Waals surface area (Å²) < 4.78 is 0. The smallest absolute Gasteiger partial charge is 0.322 e. The number of nitrogens with zero attached hydrogens (tertiary/aromatic N) is 1. The van der Waals surface area contributed by atoms with Gasteiger partial charge in [-0.05, 0) is 38.3 Å². The highest BCUT2D eigenvalue weighted by Gasteiger charge is 2.24. The first-order chi connectivity index (χ1) is 10.1. The molecule has 1 aromatic carbocycles. The van der Waals surface area contributed by atoms with Crippen LogP contribution in [0.15, 0.2) is 24.3 Å². The first-order valence-electron chi connectivity index (χ1n) is 7.80. The molecule has 4 nitrogen and oxygen atoms in total. The Morgan fingerprint density at radius 2 is 2.10 bits per heavy atom. The molecule has 1 heterocycles. The third-order valence-corrected chi connectivity index (χ3v) is 4.13. The monoisotopic (exact) mass is 288 g/mol. The van der Waals surface area contributed by atoms with Crippen LogP contribution in [-0.2, 0) is 0 Å². The number of benzene rings is 1. The van der Waals surface area contributed by atoms with Gasteiger partial charge in [0.1, 0.15) is 0 Å². The van der Waals surface area contributed by atoms with Crippen molar-refractivity contribution in [1.82, 2.24) is 4.90 Å². The lowest BCUT2D eigenvalue weighted by atomic mass is 10.1. The summed E-state index contributed by atoms with van der Waals surface area (Å²) >= 11 is 0. The number of likely N-dealkylation sites (tertiary alicyclic amines) is 1. The van der Waals surface area contributed by atoms with E-state index in [1.807, 2.05) is 11.0 Å². The van der Waals surface area contributed by atoms with E-state index in [0.29, 0.717) is 17.3 Å². The molecule has 1 unspecified atom stereocenters. The molecule has 1 atom stereocenters. The predicted octanol–water partition coefficient (Wildman–Crippen LogP) is 4.08. The van der Waals surface area contributed by atoms with Crippen LogP contribution >= 0.6 is 0 Å². The number of amides is 2. The van der Waals surface area contributed by atoms with Crippen molar-refractivity contribution in [1.29, 1.82) is 0 Å². The fourth-order valence-corrected chi connectivity index (χ4v) is 2.88. The molecule has 1 aliphatic rings. The van der Waals surface area contributed by atoms with Gasteiger partial charge in [0.15, 0.2) is 5.78 Å². The van der Waals surface area contributed by atoms with Crippen molar-refractivity contribution in [3.8, 4) is 0 Å². The zero-order valence-electron chi connectivity index (χ0n) is 12.9. The number of rotatable bonds is 3. The molecule has 114 valence electrons. The summed E-state index contributed by atoms with van der Waals surface area (Å²) in [6.07, 6.45) is 5.53. The lowest BCUT2D eigenvalue weighted by molar-refractivity contribution is 0.101. The maximum atomic E-state index is 12.5. The van der Waals surface area contributed by atoms with E-state index in [1.54, 1.807) is 18.2 Å². The van der Waals surface area contributed by atoms with Gasteiger partial charge in [-0.3, -0.25) is 4.79 Å². The summed E-state index contributed by atoms with van der Waals surface area (Å²) in [6.45, 7) is 4.48. The van der Waals surface area contributed by atoms with Crippen LogP contribution in [0.4, 0.5) is 10.5 Å². The number of ketones is 1. The van der Waals surface area contributed by atoms with Crippen molar-refractivity contribution in [3.63, 3.8) is 0 Å². The van der Waals surface area contributed by atoms with Gasteiger partial charge in [-0.1, -0.05) is 31.9 Å². The number of hydrogen-bond acceptors (Lipinski definition) is 2. The lowest BCUT2D eigenvalue weighted by Crippen LogP contribution is -2.42. The molecule has 0 radical (unpaired) electrons. The standard InChI is InChI=1S/C17H24N2O2/c1-3-16-10-5-4-6-11-19(16)17(21)18-15-9-7-8-14(12-15)13(2)20/h7-9,12,16H,3-6,10-11H2,1-2H3,(H,18,21). The molecule has 2 rings (SSSR count). The maximum Gasteiger partial charge on any atom is 0.322 e. The Labute approximate surface area is 126 Å². The average Bonchev–Trinajstić information content (AvgIpc) is 2.72. The second-order valence-corrected chi connectivity index (χ2v) is 5.67. The molecular weight excluding hydrogens is 264 g/mol. The van der Waals surface area contributed by atoms with Crippen molar-refractivity contribution < 1.29 is 9.59 Å². The molecule has 0 spiro atoms. The molecule has 1 aromatic rings. The van der Waals surface area contributed by atoms with E-state index in [9.17, 15) is 9.59 Å². The number of carbonyl (C=O) groups is 2. The Kier molecular flexibility index (Phi) is 5.37. The minimum absolute atomic E-state index is 0.00677. The highest BCUT2D eigenvalue weighted by Crippen LogP contribution is 2.20. The van der Waals surface area contributed by atoms with Gasteiger partial charge in [0.25, 0.3) is 0 Å². The van der Waals surface area contributed by atoms with E-state index in [4.69, 9.17) is 0 Å². The molecule has 0 aromatic heterocycles. The SMILES string of the molecule is CCC1CCCCCN1C(=O)Nc1cccc(C(C)=O)c1. The van der Waals surface area contributed by atoms with Crippen LogP contribution in [0, 0.1) is 0 Å². The minimum Gasteiger partial charge on any atom is -0.322 e. The van der Waals surface area contributed by atoms with Gasteiger partial charge in [0, 0.05) is 23.8 Å². The fourth-order valence-electron chi connectivity index (χ4n) is 2.88. The van der Waals surface area contributed by atoms with E-state index in [1.165, 1.54) is 19.8 Å². The number of nitrogens with one attached hydrogen (secondary N) is 1. The zero-order valence-corrected chi connectivity index (χ0v) is 12.9. The number of hydrogen-bond donors (Lipinski definition) is 1. The van der Waals surface area contributed by atoms with Gasteiger partial charge < -0.3 is 10.2 Å². The third-order valence-electron chi connectivity index (χ3n) is 4.13.